The maximum Gasteiger partial charge on any atom is 0.279 e. The van der Waals surface area contributed by atoms with E-state index in [1.54, 1.807) is 12.1 Å². The zero-order valence-corrected chi connectivity index (χ0v) is 14.2. The number of hydrogen-bond acceptors (Lipinski definition) is 4. The summed E-state index contributed by atoms with van der Waals surface area (Å²) in [5.74, 6) is -1.27. The van der Waals surface area contributed by atoms with Crippen LogP contribution < -0.4 is 0 Å². The standard InChI is InChI=1S/C15H6Cl4N2O2/c16-7-5-10(17)12(11(18)6-7)20-21-15(19)13(22)8-3-1-2-4-9(8)14(15)23/h1-6H. The van der Waals surface area contributed by atoms with Crippen LogP contribution in [0, 0.1) is 0 Å². The number of carbonyl (C=O) groups is 2. The quantitative estimate of drug-likeness (QED) is 0.285. The van der Waals surface area contributed by atoms with Gasteiger partial charge in [-0.05, 0) is 12.1 Å². The third kappa shape index (κ3) is 2.66. The van der Waals surface area contributed by atoms with E-state index in [2.05, 4.69) is 10.2 Å². The highest BCUT2D eigenvalue weighted by Gasteiger charge is 2.52. The summed E-state index contributed by atoms with van der Waals surface area (Å²) < 4.78 is 0. The third-order valence-electron chi connectivity index (χ3n) is 3.29. The first-order valence-electron chi connectivity index (χ1n) is 6.29. The molecule has 1 aliphatic carbocycles. The van der Waals surface area contributed by atoms with Gasteiger partial charge >= 0.3 is 0 Å². The normalized spacial score (nSPS) is 16.2. The van der Waals surface area contributed by atoms with Crippen LogP contribution in [-0.4, -0.2) is 16.6 Å². The Balaban J connectivity index is 2.04. The second-order valence-corrected chi connectivity index (χ2v) is 6.54. The molecule has 0 fully saturated rings. The molecule has 1 aliphatic rings. The average Bonchev–Trinajstić information content (AvgIpc) is 2.69. The molecular formula is C15H6Cl4N2O2. The minimum atomic E-state index is -2.14. The first-order chi connectivity index (χ1) is 10.8. The predicted molar refractivity (Wildman–Crippen MR) is 89.7 cm³/mol. The van der Waals surface area contributed by atoms with Crippen LogP contribution in [0.25, 0.3) is 0 Å². The Labute approximate surface area is 151 Å². The zero-order chi connectivity index (χ0) is 16.8. The van der Waals surface area contributed by atoms with Crippen LogP contribution in [0.1, 0.15) is 20.7 Å². The number of Topliss-reactive ketones (excluding diaryl/α,β-unsaturated/α-hetero) is 2. The molecule has 0 bridgehead atoms. The summed E-state index contributed by atoms with van der Waals surface area (Å²) in [5, 5.41) is 8.12. The molecule has 0 saturated heterocycles. The van der Waals surface area contributed by atoms with Gasteiger partial charge in [-0.2, -0.15) is 5.11 Å². The fourth-order valence-electron chi connectivity index (χ4n) is 2.18. The van der Waals surface area contributed by atoms with Crippen LogP contribution >= 0.6 is 46.4 Å². The number of alkyl halides is 1. The van der Waals surface area contributed by atoms with Gasteiger partial charge in [0.25, 0.3) is 5.00 Å². The van der Waals surface area contributed by atoms with Gasteiger partial charge in [0.05, 0.1) is 10.0 Å². The van der Waals surface area contributed by atoms with Crippen LogP contribution in [-0.2, 0) is 0 Å². The molecule has 4 nitrogen and oxygen atoms in total. The van der Waals surface area contributed by atoms with Crippen LogP contribution in [0.3, 0.4) is 0 Å². The molecule has 2 aromatic carbocycles. The molecule has 2 aromatic rings. The summed E-state index contributed by atoms with van der Waals surface area (Å²) in [6.07, 6.45) is 0. The lowest BCUT2D eigenvalue weighted by Crippen LogP contribution is -2.32. The van der Waals surface area contributed by atoms with Crippen molar-refractivity contribution >= 4 is 63.7 Å². The summed E-state index contributed by atoms with van der Waals surface area (Å²) in [4.78, 5) is 22.6. The van der Waals surface area contributed by atoms with E-state index >= 15 is 0 Å². The van der Waals surface area contributed by atoms with E-state index in [4.69, 9.17) is 46.4 Å². The molecule has 0 aromatic heterocycles. The molecule has 3 rings (SSSR count). The number of benzene rings is 2. The van der Waals surface area contributed by atoms with E-state index in [9.17, 15) is 9.59 Å². The van der Waals surface area contributed by atoms with Gasteiger partial charge in [-0.1, -0.05) is 70.7 Å². The Morgan fingerprint density at radius 1 is 0.870 bits per heavy atom. The van der Waals surface area contributed by atoms with Gasteiger partial charge in [0.2, 0.25) is 11.6 Å². The highest BCUT2D eigenvalue weighted by Crippen LogP contribution is 2.40. The summed E-state index contributed by atoms with van der Waals surface area (Å²) in [7, 11) is 0. The van der Waals surface area contributed by atoms with Crippen molar-refractivity contribution in [3.05, 3.63) is 62.6 Å². The lowest BCUT2D eigenvalue weighted by Gasteiger charge is -2.10. The number of rotatable bonds is 2. The Kier molecular flexibility index (Phi) is 4.19. The highest BCUT2D eigenvalue weighted by molar-refractivity contribution is 6.55. The van der Waals surface area contributed by atoms with E-state index in [0.29, 0.717) is 5.02 Å². The number of fused-ring (bicyclic) bond motifs is 1. The molecule has 0 N–H and O–H groups in total. The van der Waals surface area contributed by atoms with Gasteiger partial charge in [0.1, 0.15) is 5.69 Å². The van der Waals surface area contributed by atoms with Crippen molar-refractivity contribution in [2.75, 3.05) is 0 Å². The lowest BCUT2D eigenvalue weighted by atomic mass is 10.1. The second kappa shape index (κ2) is 5.87. The Hall–Kier alpha value is -1.46. The van der Waals surface area contributed by atoms with E-state index < -0.39 is 16.6 Å². The van der Waals surface area contributed by atoms with Gasteiger partial charge in [-0.15, -0.1) is 5.11 Å². The van der Waals surface area contributed by atoms with E-state index in [-0.39, 0.29) is 26.9 Å². The number of carbonyl (C=O) groups excluding carboxylic acids is 2. The van der Waals surface area contributed by atoms with Crippen molar-refractivity contribution in [2.45, 2.75) is 5.00 Å². The summed E-state index contributed by atoms with van der Waals surface area (Å²) in [6, 6.07) is 9.12. The molecule has 116 valence electrons. The zero-order valence-electron chi connectivity index (χ0n) is 11.2. The van der Waals surface area contributed by atoms with Gasteiger partial charge in [-0.25, -0.2) is 0 Å². The monoisotopic (exact) mass is 386 g/mol. The van der Waals surface area contributed by atoms with Crippen LogP contribution in [0.4, 0.5) is 5.69 Å². The highest BCUT2D eigenvalue weighted by atomic mass is 35.5. The number of nitrogens with zero attached hydrogens (tertiary/aromatic N) is 2. The Morgan fingerprint density at radius 2 is 1.35 bits per heavy atom. The number of hydrogen-bond donors (Lipinski definition) is 0. The fourth-order valence-corrected chi connectivity index (χ4v) is 3.31. The van der Waals surface area contributed by atoms with Crippen LogP contribution in [0.2, 0.25) is 15.1 Å². The molecule has 0 amide bonds. The Morgan fingerprint density at radius 3 is 1.83 bits per heavy atom. The molecular weight excluding hydrogens is 382 g/mol. The molecule has 0 heterocycles. The molecule has 0 unspecified atom stereocenters. The lowest BCUT2D eigenvalue weighted by molar-refractivity contribution is 0.0863. The van der Waals surface area contributed by atoms with Crippen molar-refractivity contribution < 1.29 is 9.59 Å². The maximum absolute atomic E-state index is 12.4. The fraction of sp³-hybridized carbons (Fsp3) is 0.0667. The average molecular weight is 388 g/mol. The van der Waals surface area contributed by atoms with E-state index in [1.165, 1.54) is 24.3 Å². The summed E-state index contributed by atoms with van der Waals surface area (Å²) in [6.45, 7) is 0. The van der Waals surface area contributed by atoms with Crippen LogP contribution in [0.5, 0.6) is 0 Å². The first-order valence-corrected chi connectivity index (χ1v) is 7.81. The topological polar surface area (TPSA) is 58.9 Å². The van der Waals surface area contributed by atoms with Crippen molar-refractivity contribution in [1.82, 2.24) is 0 Å². The van der Waals surface area contributed by atoms with Crippen molar-refractivity contribution in [2.24, 2.45) is 10.2 Å². The van der Waals surface area contributed by atoms with Gasteiger partial charge in [0, 0.05) is 16.1 Å². The molecule has 0 radical (unpaired) electrons. The number of azo groups is 1. The van der Waals surface area contributed by atoms with Crippen molar-refractivity contribution in [1.29, 1.82) is 0 Å². The van der Waals surface area contributed by atoms with Gasteiger partial charge in [-0.3, -0.25) is 9.59 Å². The minimum absolute atomic E-state index is 0.0781. The molecule has 0 atom stereocenters. The Bertz CT molecular complexity index is 822. The minimum Gasteiger partial charge on any atom is -0.289 e. The molecule has 0 aliphatic heterocycles. The smallest absolute Gasteiger partial charge is 0.279 e. The number of ketones is 2. The molecule has 0 saturated carbocycles. The predicted octanol–water partition coefficient (Wildman–Crippen LogP) is 5.74. The van der Waals surface area contributed by atoms with Gasteiger partial charge in [0.15, 0.2) is 0 Å². The van der Waals surface area contributed by atoms with Crippen molar-refractivity contribution in [3.8, 4) is 0 Å². The van der Waals surface area contributed by atoms with Crippen molar-refractivity contribution in [3.63, 3.8) is 0 Å². The maximum atomic E-state index is 12.4. The molecule has 23 heavy (non-hydrogen) atoms. The van der Waals surface area contributed by atoms with Gasteiger partial charge < -0.3 is 0 Å². The second-order valence-electron chi connectivity index (χ2n) is 4.74. The van der Waals surface area contributed by atoms with Crippen LogP contribution in [0.15, 0.2) is 46.6 Å². The van der Waals surface area contributed by atoms with E-state index in [0.717, 1.165) is 0 Å². The SMILES string of the molecule is O=C1c2ccccc2C(=O)C1(Cl)N=Nc1c(Cl)cc(Cl)cc1Cl. The molecule has 8 heteroatoms. The van der Waals surface area contributed by atoms with E-state index in [1.807, 2.05) is 0 Å². The third-order valence-corrected chi connectivity index (χ3v) is 4.50. The molecule has 0 spiro atoms. The summed E-state index contributed by atoms with van der Waals surface area (Å²) >= 11 is 23.9. The number of halogens is 4. The largest absolute Gasteiger partial charge is 0.289 e. The summed E-state index contributed by atoms with van der Waals surface area (Å²) in [5.41, 5.74) is 0.494. The first kappa shape index (κ1) is 16.4.